The van der Waals surface area contributed by atoms with Crippen LogP contribution < -0.4 is 9.47 Å². The number of likely N-dealkylation sites (tertiary alicyclic amines) is 1. The van der Waals surface area contributed by atoms with Gasteiger partial charge in [-0.3, -0.25) is 19.3 Å². The number of carbonyl (C=O) groups excluding carboxylic acids is 4. The zero-order valence-corrected chi connectivity index (χ0v) is 22.3. The van der Waals surface area contributed by atoms with Crippen LogP contribution in [-0.4, -0.2) is 59.6 Å². The Morgan fingerprint density at radius 2 is 1.91 bits per heavy atom. The number of amides is 3. The van der Waals surface area contributed by atoms with Crippen LogP contribution >= 0.6 is 46.0 Å². The molecule has 2 aromatic carbocycles. The molecule has 2 aromatic rings. The number of nitrogens with zero attached hydrogens (tertiary/aromatic N) is 2. The molecule has 0 N–H and O–H groups in total. The van der Waals surface area contributed by atoms with Crippen molar-refractivity contribution in [2.75, 3.05) is 26.7 Å². The summed E-state index contributed by atoms with van der Waals surface area (Å²) in [6.45, 7) is 1.04. The molecule has 0 radical (unpaired) electrons. The second kappa shape index (κ2) is 11.0. The summed E-state index contributed by atoms with van der Waals surface area (Å²) in [7, 11) is 1.43. The van der Waals surface area contributed by atoms with Crippen molar-refractivity contribution < 1.29 is 28.7 Å². The Morgan fingerprint density at radius 3 is 2.60 bits per heavy atom. The average molecular weight is 627 g/mol. The number of benzene rings is 2. The average Bonchev–Trinajstić information content (AvgIpc) is 3.45. The summed E-state index contributed by atoms with van der Waals surface area (Å²) in [4.78, 5) is 53.1. The summed E-state index contributed by atoms with van der Waals surface area (Å²) >= 11 is 8.74. The summed E-state index contributed by atoms with van der Waals surface area (Å²) in [5.41, 5.74) is 0.863. The van der Waals surface area contributed by atoms with Crippen molar-refractivity contribution in [1.29, 1.82) is 0 Å². The fraction of sp³-hybridized carbons (Fsp3) is 0.250. The van der Waals surface area contributed by atoms with E-state index < -0.39 is 17.1 Å². The highest BCUT2D eigenvalue weighted by Crippen LogP contribution is 2.37. The molecule has 11 heteroatoms. The Labute approximate surface area is 224 Å². The summed E-state index contributed by atoms with van der Waals surface area (Å²) in [5, 5.41) is -0.0740. The first-order valence-corrected chi connectivity index (χ1v) is 12.9. The number of hydrogen-bond acceptors (Lipinski definition) is 7. The number of esters is 1. The molecule has 2 aliphatic rings. The minimum absolute atomic E-state index is 0.200. The van der Waals surface area contributed by atoms with E-state index in [1.165, 1.54) is 13.2 Å². The molecule has 0 spiro atoms. The van der Waals surface area contributed by atoms with Gasteiger partial charge in [0.05, 0.1) is 21.1 Å². The van der Waals surface area contributed by atoms with Crippen LogP contribution in [0.5, 0.6) is 11.5 Å². The van der Waals surface area contributed by atoms with Crippen LogP contribution in [0.1, 0.15) is 28.8 Å². The van der Waals surface area contributed by atoms with Crippen LogP contribution in [0.3, 0.4) is 0 Å². The maximum absolute atomic E-state index is 12.8. The van der Waals surface area contributed by atoms with Crippen LogP contribution in [0.15, 0.2) is 41.3 Å². The van der Waals surface area contributed by atoms with E-state index in [1.54, 1.807) is 41.3 Å². The van der Waals surface area contributed by atoms with Crippen molar-refractivity contribution in [3.63, 3.8) is 0 Å². The molecule has 8 nitrogen and oxygen atoms in total. The molecule has 0 bridgehead atoms. The highest BCUT2D eigenvalue weighted by molar-refractivity contribution is 14.1. The largest absolute Gasteiger partial charge is 0.493 e. The number of imide groups is 1. The molecule has 0 unspecified atom stereocenters. The predicted octanol–water partition coefficient (Wildman–Crippen LogP) is 4.83. The van der Waals surface area contributed by atoms with Gasteiger partial charge < -0.3 is 14.4 Å². The smallest absolute Gasteiger partial charge is 0.343 e. The minimum atomic E-state index is -0.597. The van der Waals surface area contributed by atoms with Crippen molar-refractivity contribution in [3.05, 3.63) is 61.0 Å². The van der Waals surface area contributed by atoms with Crippen LogP contribution in [0.4, 0.5) is 4.79 Å². The molecule has 35 heavy (non-hydrogen) atoms. The minimum Gasteiger partial charge on any atom is -0.493 e. The van der Waals surface area contributed by atoms with Gasteiger partial charge in [0, 0.05) is 18.1 Å². The first-order valence-electron chi connectivity index (χ1n) is 10.6. The molecule has 2 aliphatic heterocycles. The van der Waals surface area contributed by atoms with Crippen LogP contribution in [-0.2, 0) is 9.59 Å². The highest BCUT2D eigenvalue weighted by Gasteiger charge is 2.37. The molecule has 0 aromatic heterocycles. The maximum atomic E-state index is 12.8. The third-order valence-electron chi connectivity index (χ3n) is 5.43. The van der Waals surface area contributed by atoms with E-state index in [4.69, 9.17) is 21.1 Å². The van der Waals surface area contributed by atoms with Crippen molar-refractivity contribution in [2.45, 2.75) is 12.8 Å². The standard InChI is InChI=1S/C24H20ClIN2O6S/c1-33-18-10-14(9-17(26)21(18)34-23(31)15-5-4-6-16(25)12-15)11-19-22(30)28(24(32)35-19)13-20(29)27-7-2-3-8-27/h4-6,9-12H,2-3,7-8,13H2,1H3/b19-11-. The monoisotopic (exact) mass is 626 g/mol. The SMILES string of the molecule is COc1cc(/C=C2\SC(=O)N(CC(=O)N3CCCC3)C2=O)cc(I)c1OC(=O)c1cccc(Cl)c1. The number of halogens is 2. The van der Waals surface area contributed by atoms with Crippen molar-refractivity contribution >= 4 is 75.1 Å². The first-order chi connectivity index (χ1) is 16.8. The predicted molar refractivity (Wildman–Crippen MR) is 141 cm³/mol. The van der Waals surface area contributed by atoms with Gasteiger partial charge in [0.1, 0.15) is 6.54 Å². The molecule has 2 saturated heterocycles. The van der Waals surface area contributed by atoms with Gasteiger partial charge in [-0.15, -0.1) is 0 Å². The summed E-state index contributed by atoms with van der Waals surface area (Å²) in [6.07, 6.45) is 3.41. The quantitative estimate of drug-likeness (QED) is 0.196. The van der Waals surface area contributed by atoms with Crippen LogP contribution in [0.2, 0.25) is 5.02 Å². The maximum Gasteiger partial charge on any atom is 0.343 e. The highest BCUT2D eigenvalue weighted by atomic mass is 127. The molecular weight excluding hydrogens is 607 g/mol. The Hall–Kier alpha value is -2.57. The second-order valence-electron chi connectivity index (χ2n) is 7.79. The van der Waals surface area contributed by atoms with E-state index in [0.29, 0.717) is 27.2 Å². The summed E-state index contributed by atoms with van der Waals surface area (Å²) < 4.78 is 11.5. The Bertz CT molecular complexity index is 1240. The van der Waals surface area contributed by atoms with Crippen molar-refractivity contribution in [2.24, 2.45) is 0 Å². The van der Waals surface area contributed by atoms with Gasteiger partial charge in [0.25, 0.3) is 11.1 Å². The number of rotatable bonds is 6. The molecule has 3 amide bonds. The molecular formula is C24H20ClIN2O6S. The number of ether oxygens (including phenoxy) is 2. The van der Waals surface area contributed by atoms with E-state index >= 15 is 0 Å². The van der Waals surface area contributed by atoms with Crippen LogP contribution in [0.25, 0.3) is 6.08 Å². The van der Waals surface area contributed by atoms with Crippen molar-refractivity contribution in [1.82, 2.24) is 9.80 Å². The van der Waals surface area contributed by atoms with Gasteiger partial charge in [0.15, 0.2) is 11.5 Å². The number of thioether (sulfide) groups is 1. The van der Waals surface area contributed by atoms with Crippen LogP contribution in [0, 0.1) is 3.57 Å². The van der Waals surface area contributed by atoms with E-state index in [9.17, 15) is 19.2 Å². The molecule has 2 heterocycles. The van der Waals surface area contributed by atoms with Gasteiger partial charge in [-0.2, -0.15) is 0 Å². The van der Waals surface area contributed by atoms with Crippen molar-refractivity contribution in [3.8, 4) is 11.5 Å². The zero-order valence-electron chi connectivity index (χ0n) is 18.6. The molecule has 0 saturated carbocycles. The lowest BCUT2D eigenvalue weighted by Crippen LogP contribution is -2.40. The molecule has 0 aliphatic carbocycles. The lowest BCUT2D eigenvalue weighted by molar-refractivity contribution is -0.135. The fourth-order valence-corrected chi connectivity index (χ4v) is 5.44. The summed E-state index contributed by atoms with van der Waals surface area (Å²) in [5.74, 6) is -0.840. The van der Waals surface area contributed by atoms with E-state index in [2.05, 4.69) is 0 Å². The Morgan fingerprint density at radius 1 is 1.17 bits per heavy atom. The third-order valence-corrected chi connectivity index (χ3v) is 7.37. The number of carbonyl (C=O) groups is 4. The van der Waals surface area contributed by atoms with E-state index in [0.717, 1.165) is 29.5 Å². The Balaban J connectivity index is 1.53. The van der Waals surface area contributed by atoms with E-state index in [-0.39, 0.29) is 34.4 Å². The fourth-order valence-electron chi connectivity index (χ4n) is 3.68. The van der Waals surface area contributed by atoms with E-state index in [1.807, 2.05) is 22.6 Å². The lowest BCUT2D eigenvalue weighted by atomic mass is 10.1. The zero-order chi connectivity index (χ0) is 25.1. The summed E-state index contributed by atoms with van der Waals surface area (Å²) in [6, 6.07) is 9.70. The second-order valence-corrected chi connectivity index (χ2v) is 10.4. The topological polar surface area (TPSA) is 93.2 Å². The molecule has 2 fully saturated rings. The molecule has 0 atom stereocenters. The van der Waals surface area contributed by atoms with Gasteiger partial charge in [-0.05, 0) is 89.2 Å². The molecule has 4 rings (SSSR count). The number of hydrogen-bond donors (Lipinski definition) is 0. The Kier molecular flexibility index (Phi) is 8.02. The third kappa shape index (κ3) is 5.81. The molecule has 182 valence electrons. The first kappa shape index (κ1) is 25.5. The normalized spacial score (nSPS) is 16.8. The van der Waals surface area contributed by atoms with Gasteiger partial charge in [-0.1, -0.05) is 17.7 Å². The number of methoxy groups -OCH3 is 1. The lowest BCUT2D eigenvalue weighted by Gasteiger charge is -2.18. The van der Waals surface area contributed by atoms with Gasteiger partial charge in [0.2, 0.25) is 5.91 Å². The van der Waals surface area contributed by atoms with Gasteiger partial charge in [-0.25, -0.2) is 4.79 Å². The van der Waals surface area contributed by atoms with Gasteiger partial charge >= 0.3 is 5.97 Å².